The third-order valence-corrected chi connectivity index (χ3v) is 3.36. The molecule has 0 saturated carbocycles. The van der Waals surface area contributed by atoms with Gasteiger partial charge in [-0.15, -0.1) is 0 Å². The first-order chi connectivity index (χ1) is 10.1. The van der Waals surface area contributed by atoms with E-state index in [2.05, 4.69) is 0 Å². The summed E-state index contributed by atoms with van der Waals surface area (Å²) in [6.45, 7) is 0. The van der Waals surface area contributed by atoms with Crippen LogP contribution in [0.1, 0.15) is 12.0 Å². The largest absolute Gasteiger partial charge is 0.468 e. The van der Waals surface area contributed by atoms with Crippen molar-refractivity contribution in [3.63, 3.8) is 0 Å². The standard InChI is InChI=1S/C16H17IO4/c1-20-14(18)16(11-12-17,15(19)21-2)10-6-9-13-7-4-3-5-8-13/h3-9,11-12H,10H2,1-2H3. The van der Waals surface area contributed by atoms with Crippen LogP contribution in [0.5, 0.6) is 0 Å². The Kier molecular flexibility index (Phi) is 7.14. The minimum Gasteiger partial charge on any atom is -0.468 e. The van der Waals surface area contributed by atoms with Crippen molar-refractivity contribution >= 4 is 40.6 Å². The summed E-state index contributed by atoms with van der Waals surface area (Å²) < 4.78 is 11.1. The predicted octanol–water partition coefficient (Wildman–Crippen LogP) is 3.37. The van der Waals surface area contributed by atoms with Crippen LogP contribution in [0.25, 0.3) is 6.08 Å². The summed E-state index contributed by atoms with van der Waals surface area (Å²) >= 11 is 1.96. The van der Waals surface area contributed by atoms with E-state index in [0.29, 0.717) is 0 Å². The lowest BCUT2D eigenvalue weighted by Crippen LogP contribution is -2.39. The maximum atomic E-state index is 12.1. The molecule has 1 aromatic rings. The third-order valence-electron chi connectivity index (χ3n) is 3.00. The average Bonchev–Trinajstić information content (AvgIpc) is 2.53. The molecule has 0 N–H and O–H groups in total. The van der Waals surface area contributed by atoms with Crippen LogP contribution in [0.4, 0.5) is 0 Å². The maximum Gasteiger partial charge on any atom is 0.327 e. The van der Waals surface area contributed by atoms with Crippen LogP contribution in [-0.4, -0.2) is 26.2 Å². The fourth-order valence-electron chi connectivity index (χ4n) is 1.87. The number of rotatable bonds is 6. The Labute approximate surface area is 138 Å². The molecular formula is C16H17IO4. The molecule has 0 aromatic heterocycles. The van der Waals surface area contributed by atoms with Gasteiger partial charge in [-0.25, -0.2) is 0 Å². The number of esters is 2. The fourth-order valence-corrected chi connectivity index (χ4v) is 2.48. The molecule has 0 atom stereocenters. The molecule has 0 spiro atoms. The Morgan fingerprint density at radius 1 is 1.14 bits per heavy atom. The van der Waals surface area contributed by atoms with Crippen molar-refractivity contribution in [3.8, 4) is 0 Å². The molecule has 0 unspecified atom stereocenters. The summed E-state index contributed by atoms with van der Waals surface area (Å²) in [5, 5.41) is 0. The van der Waals surface area contributed by atoms with E-state index in [0.717, 1.165) is 5.56 Å². The van der Waals surface area contributed by atoms with Crippen molar-refractivity contribution in [3.05, 3.63) is 52.1 Å². The van der Waals surface area contributed by atoms with Crippen LogP contribution in [0, 0.1) is 5.41 Å². The number of hydrogen-bond donors (Lipinski definition) is 0. The molecule has 21 heavy (non-hydrogen) atoms. The summed E-state index contributed by atoms with van der Waals surface area (Å²) in [5.74, 6) is -1.28. The van der Waals surface area contributed by atoms with Crippen LogP contribution >= 0.6 is 22.6 Å². The van der Waals surface area contributed by atoms with Gasteiger partial charge in [0.25, 0.3) is 0 Å². The van der Waals surface area contributed by atoms with E-state index in [-0.39, 0.29) is 6.42 Å². The average molecular weight is 400 g/mol. The smallest absolute Gasteiger partial charge is 0.327 e. The van der Waals surface area contributed by atoms with Crippen molar-refractivity contribution in [1.29, 1.82) is 0 Å². The Morgan fingerprint density at radius 3 is 2.19 bits per heavy atom. The highest BCUT2D eigenvalue weighted by molar-refractivity contribution is 14.1. The number of ether oxygens (including phenoxy) is 2. The molecule has 5 heteroatoms. The van der Waals surface area contributed by atoms with Crippen LogP contribution in [0.15, 0.2) is 46.6 Å². The van der Waals surface area contributed by atoms with E-state index in [1.165, 1.54) is 20.3 Å². The van der Waals surface area contributed by atoms with Crippen molar-refractivity contribution in [2.75, 3.05) is 14.2 Å². The lowest BCUT2D eigenvalue weighted by atomic mass is 9.84. The maximum absolute atomic E-state index is 12.1. The molecule has 0 aliphatic carbocycles. The van der Waals surface area contributed by atoms with Crippen molar-refractivity contribution in [1.82, 2.24) is 0 Å². The van der Waals surface area contributed by atoms with E-state index < -0.39 is 17.4 Å². The van der Waals surface area contributed by atoms with E-state index in [9.17, 15) is 9.59 Å². The third kappa shape index (κ3) is 4.42. The second kappa shape index (κ2) is 8.61. The van der Waals surface area contributed by atoms with Crippen LogP contribution in [0.3, 0.4) is 0 Å². The Hall–Kier alpha value is -1.63. The van der Waals surface area contributed by atoms with E-state index >= 15 is 0 Å². The summed E-state index contributed by atoms with van der Waals surface area (Å²) in [6, 6.07) is 9.62. The highest BCUT2D eigenvalue weighted by Crippen LogP contribution is 2.29. The molecule has 0 heterocycles. The number of halogens is 1. The number of carbonyl (C=O) groups is 2. The number of carbonyl (C=O) groups excluding carboxylic acids is 2. The molecule has 112 valence electrons. The monoisotopic (exact) mass is 400 g/mol. The Bertz CT molecular complexity index is 518. The minimum absolute atomic E-state index is 0.167. The van der Waals surface area contributed by atoms with E-state index in [4.69, 9.17) is 9.47 Å². The molecule has 1 rings (SSSR count). The number of hydrogen-bond acceptors (Lipinski definition) is 4. The first kappa shape index (κ1) is 17.4. The number of benzene rings is 1. The van der Waals surface area contributed by atoms with Gasteiger partial charge in [0.05, 0.1) is 14.2 Å². The molecular weight excluding hydrogens is 383 g/mol. The molecule has 0 saturated heterocycles. The van der Waals surface area contributed by atoms with Crippen LogP contribution in [0.2, 0.25) is 0 Å². The fraction of sp³-hybridized carbons (Fsp3) is 0.250. The minimum atomic E-state index is -1.45. The van der Waals surface area contributed by atoms with Gasteiger partial charge < -0.3 is 9.47 Å². The summed E-state index contributed by atoms with van der Waals surface area (Å²) in [4.78, 5) is 24.1. The SMILES string of the molecule is COC(=O)C(C=CI)(CC=Cc1ccccc1)C(=O)OC. The van der Waals surface area contributed by atoms with Gasteiger partial charge in [-0.1, -0.05) is 65.1 Å². The van der Waals surface area contributed by atoms with Gasteiger partial charge in [0.1, 0.15) is 0 Å². The molecule has 1 aromatic carbocycles. The molecule has 0 fully saturated rings. The zero-order valence-corrected chi connectivity index (χ0v) is 14.1. The molecule has 0 aliphatic heterocycles. The Morgan fingerprint density at radius 2 is 1.71 bits per heavy atom. The summed E-state index contributed by atoms with van der Waals surface area (Å²) in [5.41, 5.74) is -0.463. The van der Waals surface area contributed by atoms with Crippen molar-refractivity contribution < 1.29 is 19.1 Å². The lowest BCUT2D eigenvalue weighted by molar-refractivity contribution is -0.164. The zero-order valence-electron chi connectivity index (χ0n) is 11.9. The van der Waals surface area contributed by atoms with E-state index in [1.54, 1.807) is 10.2 Å². The van der Waals surface area contributed by atoms with Crippen LogP contribution in [-0.2, 0) is 19.1 Å². The van der Waals surface area contributed by atoms with E-state index in [1.807, 2.05) is 59.0 Å². The second-order valence-corrected chi connectivity index (χ2v) is 4.98. The van der Waals surface area contributed by atoms with Gasteiger partial charge in [0, 0.05) is 0 Å². The molecule has 0 aliphatic rings. The summed E-state index contributed by atoms with van der Waals surface area (Å²) in [6.07, 6.45) is 5.28. The van der Waals surface area contributed by atoms with Gasteiger partial charge in [0.15, 0.2) is 5.41 Å². The second-order valence-electron chi connectivity index (χ2n) is 4.26. The quantitative estimate of drug-likeness (QED) is 0.418. The Balaban J connectivity index is 3.04. The highest BCUT2D eigenvalue weighted by atomic mass is 127. The van der Waals surface area contributed by atoms with Crippen LogP contribution < -0.4 is 0 Å². The molecule has 0 bridgehead atoms. The lowest BCUT2D eigenvalue weighted by Gasteiger charge is -2.23. The predicted molar refractivity (Wildman–Crippen MR) is 89.7 cm³/mol. The normalized spacial score (nSPS) is 11.8. The zero-order chi connectivity index (χ0) is 15.7. The van der Waals surface area contributed by atoms with Gasteiger partial charge in [0.2, 0.25) is 0 Å². The van der Waals surface area contributed by atoms with Gasteiger partial charge in [-0.3, -0.25) is 9.59 Å². The number of allylic oxidation sites excluding steroid dienone is 1. The highest BCUT2D eigenvalue weighted by Gasteiger charge is 2.45. The molecule has 0 amide bonds. The molecule has 4 nitrogen and oxygen atoms in total. The van der Waals surface area contributed by atoms with Crippen molar-refractivity contribution in [2.24, 2.45) is 5.41 Å². The van der Waals surface area contributed by atoms with Crippen molar-refractivity contribution in [2.45, 2.75) is 6.42 Å². The molecule has 0 radical (unpaired) electrons. The number of methoxy groups -OCH3 is 2. The van der Waals surface area contributed by atoms with Gasteiger partial charge >= 0.3 is 11.9 Å². The first-order valence-corrected chi connectivity index (χ1v) is 7.51. The van der Waals surface area contributed by atoms with Gasteiger partial charge in [-0.05, 0) is 22.1 Å². The summed E-state index contributed by atoms with van der Waals surface area (Å²) in [7, 11) is 2.50. The van der Waals surface area contributed by atoms with Gasteiger partial charge in [-0.2, -0.15) is 0 Å². The topological polar surface area (TPSA) is 52.6 Å². The first-order valence-electron chi connectivity index (χ1n) is 6.27.